The van der Waals surface area contributed by atoms with Gasteiger partial charge in [-0.2, -0.15) is 0 Å². The number of ether oxygens (including phenoxy) is 1. The van der Waals surface area contributed by atoms with E-state index in [1.807, 2.05) is 12.1 Å². The first-order valence-electron chi connectivity index (χ1n) is 11.5. The molecule has 0 saturated heterocycles. The maximum Gasteiger partial charge on any atom is 0.411 e. The van der Waals surface area contributed by atoms with Crippen LogP contribution < -0.4 is 5.32 Å². The van der Waals surface area contributed by atoms with E-state index in [1.165, 1.54) is 40.1 Å². The number of anilines is 1. The van der Waals surface area contributed by atoms with Crippen molar-refractivity contribution in [2.24, 2.45) is 0 Å². The van der Waals surface area contributed by atoms with Crippen LogP contribution in [0.1, 0.15) is 39.3 Å². The molecule has 1 amide bonds. The molecule has 0 atom stereocenters. The monoisotopic (exact) mass is 451 g/mol. The lowest BCUT2D eigenvalue weighted by Crippen LogP contribution is -2.14. The van der Waals surface area contributed by atoms with E-state index < -0.39 is 6.09 Å². The minimum atomic E-state index is -0.466. The summed E-state index contributed by atoms with van der Waals surface area (Å²) < 4.78 is 4.87. The van der Waals surface area contributed by atoms with Gasteiger partial charge in [0, 0.05) is 45.8 Å². The van der Waals surface area contributed by atoms with Crippen LogP contribution in [0.5, 0.6) is 0 Å². The summed E-state index contributed by atoms with van der Waals surface area (Å²) in [6.45, 7) is 6.32. The van der Waals surface area contributed by atoms with E-state index in [2.05, 4.69) is 90.9 Å². The number of H-pyrrole nitrogens is 2. The zero-order chi connectivity index (χ0) is 23.8. The van der Waals surface area contributed by atoms with Gasteiger partial charge in [0.15, 0.2) is 0 Å². The molecule has 3 aromatic carbocycles. The second-order valence-corrected chi connectivity index (χ2v) is 9.12. The Bertz CT molecular complexity index is 1430. The van der Waals surface area contributed by atoms with Crippen molar-refractivity contribution in [1.29, 1.82) is 0 Å². The third-order valence-corrected chi connectivity index (χ3v) is 6.60. The van der Waals surface area contributed by atoms with E-state index in [4.69, 9.17) is 4.74 Å². The van der Waals surface area contributed by atoms with E-state index in [0.29, 0.717) is 0 Å². The number of aromatic amines is 2. The minimum absolute atomic E-state index is 0.0751. The largest absolute Gasteiger partial charge is 0.453 e. The Morgan fingerprint density at radius 2 is 1.35 bits per heavy atom. The molecule has 0 spiro atoms. The summed E-state index contributed by atoms with van der Waals surface area (Å²) in [6.07, 6.45) is 4.52. The molecule has 0 bridgehead atoms. The Hall–Kier alpha value is -3.99. The summed E-state index contributed by atoms with van der Waals surface area (Å²) in [5, 5.41) is 5.35. The summed E-state index contributed by atoms with van der Waals surface area (Å²) in [7, 11) is 1.38. The third kappa shape index (κ3) is 4.05. The Labute approximate surface area is 199 Å². The predicted octanol–water partition coefficient (Wildman–Crippen LogP) is 7.13. The van der Waals surface area contributed by atoms with Crippen molar-refractivity contribution >= 4 is 33.6 Å². The molecule has 0 aliphatic heterocycles. The van der Waals surface area contributed by atoms with Crippen LogP contribution in [-0.2, 0) is 11.2 Å². The number of carbonyl (C=O) groups is 1. The molecule has 2 aromatic heterocycles. The number of nitrogens with one attached hydrogen (secondary N) is 3. The van der Waals surface area contributed by atoms with Gasteiger partial charge in [0.2, 0.25) is 0 Å². The molecule has 5 heteroatoms. The molecule has 0 saturated carbocycles. The number of hydrogen-bond donors (Lipinski definition) is 3. The number of hydrogen-bond acceptors (Lipinski definition) is 2. The topological polar surface area (TPSA) is 69.9 Å². The van der Waals surface area contributed by atoms with Crippen molar-refractivity contribution < 1.29 is 9.53 Å². The van der Waals surface area contributed by atoms with Gasteiger partial charge in [-0.05, 0) is 74.2 Å². The number of rotatable bonds is 5. The summed E-state index contributed by atoms with van der Waals surface area (Å²) in [5.74, 6) is 0.0751. The highest BCUT2D eigenvalue weighted by Crippen LogP contribution is 2.39. The first-order chi connectivity index (χ1) is 16.4. The van der Waals surface area contributed by atoms with E-state index in [-0.39, 0.29) is 5.92 Å². The van der Waals surface area contributed by atoms with Crippen LogP contribution >= 0.6 is 0 Å². The summed E-state index contributed by atoms with van der Waals surface area (Å²) >= 11 is 0. The first kappa shape index (κ1) is 21.8. The molecule has 0 aliphatic carbocycles. The summed E-state index contributed by atoms with van der Waals surface area (Å²) in [6, 6.07) is 19.2. The van der Waals surface area contributed by atoms with Crippen molar-refractivity contribution in [3.05, 3.63) is 100 Å². The molecule has 0 unspecified atom stereocenters. The molecular weight excluding hydrogens is 422 g/mol. The minimum Gasteiger partial charge on any atom is -0.453 e. The highest BCUT2D eigenvalue weighted by molar-refractivity contribution is 5.89. The Morgan fingerprint density at radius 1 is 0.824 bits per heavy atom. The Kier molecular flexibility index (Phi) is 5.62. The molecular formula is C29H29N3O2. The van der Waals surface area contributed by atoms with Crippen LogP contribution in [0.25, 0.3) is 21.8 Å². The molecule has 0 aliphatic rings. The predicted molar refractivity (Wildman–Crippen MR) is 139 cm³/mol. The summed E-state index contributed by atoms with van der Waals surface area (Å²) in [5.41, 5.74) is 10.2. The highest BCUT2D eigenvalue weighted by Gasteiger charge is 2.23. The molecule has 172 valence electrons. The standard InChI is InChI=1S/C29H29N3O2/c1-17-5-8-26(32-29(33)34-4)20(11-17)14-21(24-15-30-27-9-6-18(2)12-22(24)27)25-16-31-28-10-7-19(3)13-23(25)28/h5-13,15-16,21,30-31H,14H2,1-4H3,(H,32,33). The smallest absolute Gasteiger partial charge is 0.411 e. The molecule has 0 radical (unpaired) electrons. The van der Waals surface area contributed by atoms with Crippen LogP contribution in [0.3, 0.4) is 0 Å². The lowest BCUT2D eigenvalue weighted by molar-refractivity contribution is 0.187. The van der Waals surface area contributed by atoms with Gasteiger partial charge in [-0.3, -0.25) is 5.32 Å². The summed E-state index contributed by atoms with van der Waals surface area (Å²) in [4.78, 5) is 19.0. The number of aromatic nitrogens is 2. The third-order valence-electron chi connectivity index (χ3n) is 6.60. The SMILES string of the molecule is COC(=O)Nc1ccc(C)cc1CC(c1c[nH]c2ccc(C)cc12)c1c[nH]c2ccc(C)cc12. The molecule has 2 heterocycles. The lowest BCUT2D eigenvalue weighted by atomic mass is 9.84. The number of methoxy groups -OCH3 is 1. The van der Waals surface area contributed by atoms with Crippen molar-refractivity contribution in [3.8, 4) is 0 Å². The van der Waals surface area contributed by atoms with Crippen molar-refractivity contribution in [1.82, 2.24) is 9.97 Å². The van der Waals surface area contributed by atoms with Crippen molar-refractivity contribution in [3.63, 3.8) is 0 Å². The molecule has 3 N–H and O–H groups in total. The molecule has 5 rings (SSSR count). The average molecular weight is 452 g/mol. The van der Waals surface area contributed by atoms with E-state index >= 15 is 0 Å². The van der Waals surface area contributed by atoms with Gasteiger partial charge < -0.3 is 14.7 Å². The molecule has 0 fully saturated rings. The normalized spacial score (nSPS) is 11.4. The van der Waals surface area contributed by atoms with Crippen molar-refractivity contribution in [2.75, 3.05) is 12.4 Å². The Balaban J connectivity index is 1.70. The maximum absolute atomic E-state index is 12.0. The van der Waals surface area contributed by atoms with Gasteiger partial charge in [-0.1, -0.05) is 41.0 Å². The first-order valence-corrected chi connectivity index (χ1v) is 11.5. The van der Waals surface area contributed by atoms with Crippen LogP contribution in [-0.4, -0.2) is 23.2 Å². The fourth-order valence-corrected chi connectivity index (χ4v) is 4.87. The van der Waals surface area contributed by atoms with Gasteiger partial charge in [0.25, 0.3) is 0 Å². The van der Waals surface area contributed by atoms with Gasteiger partial charge in [0.05, 0.1) is 7.11 Å². The van der Waals surface area contributed by atoms with Gasteiger partial charge >= 0.3 is 6.09 Å². The van der Waals surface area contributed by atoms with Gasteiger partial charge in [-0.15, -0.1) is 0 Å². The highest BCUT2D eigenvalue weighted by atomic mass is 16.5. The van der Waals surface area contributed by atoms with Crippen LogP contribution in [0.4, 0.5) is 10.5 Å². The fourth-order valence-electron chi connectivity index (χ4n) is 4.87. The van der Waals surface area contributed by atoms with E-state index in [1.54, 1.807) is 0 Å². The number of fused-ring (bicyclic) bond motifs is 2. The lowest BCUT2D eigenvalue weighted by Gasteiger charge is -2.20. The number of carbonyl (C=O) groups excluding carboxylic acids is 1. The number of aryl methyl sites for hydroxylation is 3. The van der Waals surface area contributed by atoms with Crippen LogP contribution in [0.15, 0.2) is 67.0 Å². The van der Waals surface area contributed by atoms with E-state index in [9.17, 15) is 4.79 Å². The zero-order valence-corrected chi connectivity index (χ0v) is 20.0. The molecule has 5 aromatic rings. The van der Waals surface area contributed by atoms with Gasteiger partial charge in [0.1, 0.15) is 0 Å². The Morgan fingerprint density at radius 3 is 1.91 bits per heavy atom. The second kappa shape index (κ2) is 8.75. The van der Waals surface area contributed by atoms with Crippen molar-refractivity contribution in [2.45, 2.75) is 33.1 Å². The maximum atomic E-state index is 12.0. The quantitative estimate of drug-likeness (QED) is 0.266. The fraction of sp³-hybridized carbons (Fsp3) is 0.207. The van der Waals surface area contributed by atoms with E-state index in [0.717, 1.165) is 34.3 Å². The van der Waals surface area contributed by atoms with Crippen LogP contribution in [0, 0.1) is 20.8 Å². The zero-order valence-electron chi connectivity index (χ0n) is 20.0. The average Bonchev–Trinajstić information content (AvgIpc) is 3.42. The molecule has 5 nitrogen and oxygen atoms in total. The van der Waals surface area contributed by atoms with Crippen LogP contribution in [0.2, 0.25) is 0 Å². The van der Waals surface area contributed by atoms with Gasteiger partial charge in [-0.25, -0.2) is 4.79 Å². The second-order valence-electron chi connectivity index (χ2n) is 9.12. The number of benzene rings is 3. The molecule has 34 heavy (non-hydrogen) atoms. The number of amides is 1.